The molecule has 8 nitrogen and oxygen atoms in total. The van der Waals surface area contributed by atoms with Gasteiger partial charge in [0.2, 0.25) is 10.0 Å². The molecule has 1 aliphatic rings. The number of nitrogens with zero attached hydrogens (tertiary/aromatic N) is 4. The Bertz CT molecular complexity index is 769. The summed E-state index contributed by atoms with van der Waals surface area (Å²) in [5, 5.41) is 11.1. The Kier molecular flexibility index (Phi) is 8.63. The summed E-state index contributed by atoms with van der Waals surface area (Å²) < 4.78 is 28.4. The van der Waals surface area contributed by atoms with Crippen LogP contribution in [0, 0.1) is 13.8 Å². The van der Waals surface area contributed by atoms with Gasteiger partial charge in [-0.1, -0.05) is 0 Å². The van der Waals surface area contributed by atoms with Crippen molar-refractivity contribution in [2.24, 2.45) is 12.0 Å². The van der Waals surface area contributed by atoms with Crippen molar-refractivity contribution in [3.8, 4) is 0 Å². The quantitative estimate of drug-likeness (QED) is 0.470. The Morgan fingerprint density at radius 1 is 1.32 bits per heavy atom. The van der Waals surface area contributed by atoms with Gasteiger partial charge in [-0.2, -0.15) is 16.9 Å². The average molecular weight is 431 g/mol. The van der Waals surface area contributed by atoms with Crippen LogP contribution in [-0.4, -0.2) is 77.9 Å². The molecular weight excluding hydrogens is 396 g/mol. The molecule has 0 spiro atoms. The van der Waals surface area contributed by atoms with Gasteiger partial charge in [-0.15, -0.1) is 0 Å². The van der Waals surface area contributed by atoms with Gasteiger partial charge in [-0.3, -0.25) is 9.67 Å². The molecule has 0 radical (unpaired) electrons. The molecule has 1 unspecified atom stereocenters. The van der Waals surface area contributed by atoms with Crippen molar-refractivity contribution in [3.05, 3.63) is 17.0 Å². The maximum absolute atomic E-state index is 12.5. The predicted octanol–water partition coefficient (Wildman–Crippen LogP) is 0.902. The Labute approximate surface area is 173 Å². The SMILES string of the molecule is CCNC(=NCCS(=O)(=O)N1CCSCC1)NC(C)Cc1c(C)nn(C)c1C. The van der Waals surface area contributed by atoms with Gasteiger partial charge in [-0.05, 0) is 39.7 Å². The monoisotopic (exact) mass is 430 g/mol. The molecule has 1 fully saturated rings. The lowest BCUT2D eigenvalue weighted by Crippen LogP contribution is -2.44. The van der Waals surface area contributed by atoms with E-state index in [4.69, 9.17) is 0 Å². The summed E-state index contributed by atoms with van der Waals surface area (Å²) in [6, 6.07) is 0.148. The third-order valence-electron chi connectivity index (χ3n) is 4.88. The topological polar surface area (TPSA) is 91.6 Å². The van der Waals surface area contributed by atoms with E-state index in [-0.39, 0.29) is 18.3 Å². The van der Waals surface area contributed by atoms with E-state index >= 15 is 0 Å². The van der Waals surface area contributed by atoms with Crippen LogP contribution < -0.4 is 10.6 Å². The zero-order valence-electron chi connectivity index (χ0n) is 17.7. The summed E-state index contributed by atoms with van der Waals surface area (Å²) in [6.45, 7) is 10.4. The van der Waals surface area contributed by atoms with Gasteiger partial charge in [0, 0.05) is 49.9 Å². The Balaban J connectivity index is 1.93. The van der Waals surface area contributed by atoms with E-state index in [0.717, 1.165) is 30.2 Å². The molecule has 28 heavy (non-hydrogen) atoms. The van der Waals surface area contributed by atoms with Crippen molar-refractivity contribution >= 4 is 27.7 Å². The first-order chi connectivity index (χ1) is 13.2. The standard InChI is InChI=1S/C18H34N6O2S2/c1-6-19-18(20-7-12-28(25,26)24-8-10-27-11-9-24)21-14(2)13-17-15(3)22-23(5)16(17)4/h14H,6-13H2,1-5H3,(H2,19,20,21). The third kappa shape index (κ3) is 6.38. The summed E-state index contributed by atoms with van der Waals surface area (Å²) in [4.78, 5) is 4.49. The predicted molar refractivity (Wildman–Crippen MR) is 118 cm³/mol. The highest BCUT2D eigenvalue weighted by molar-refractivity contribution is 7.99. The molecule has 1 atom stereocenters. The van der Waals surface area contributed by atoms with Crippen molar-refractivity contribution in [3.63, 3.8) is 0 Å². The number of rotatable bonds is 8. The van der Waals surface area contributed by atoms with Crippen LogP contribution in [0.25, 0.3) is 0 Å². The number of hydrogen-bond acceptors (Lipinski definition) is 5. The maximum atomic E-state index is 12.5. The second kappa shape index (κ2) is 10.5. The maximum Gasteiger partial charge on any atom is 0.215 e. The number of nitrogens with one attached hydrogen (secondary N) is 2. The molecule has 2 N–H and O–H groups in total. The molecule has 2 rings (SSSR count). The van der Waals surface area contributed by atoms with Crippen molar-refractivity contribution in [1.29, 1.82) is 0 Å². The number of aromatic nitrogens is 2. The number of aliphatic imine (C=N–C) groups is 1. The van der Waals surface area contributed by atoms with E-state index in [9.17, 15) is 8.42 Å². The minimum absolute atomic E-state index is 0.0451. The summed E-state index contributed by atoms with van der Waals surface area (Å²) in [7, 11) is -1.28. The second-order valence-electron chi connectivity index (χ2n) is 7.11. The van der Waals surface area contributed by atoms with Gasteiger partial charge in [0.15, 0.2) is 5.96 Å². The molecule has 0 bridgehead atoms. The highest BCUT2D eigenvalue weighted by atomic mass is 32.2. The number of hydrogen-bond donors (Lipinski definition) is 2. The van der Waals surface area contributed by atoms with E-state index in [1.165, 1.54) is 11.3 Å². The van der Waals surface area contributed by atoms with Crippen molar-refractivity contribution in [2.75, 3.05) is 43.4 Å². The van der Waals surface area contributed by atoms with E-state index in [1.807, 2.05) is 25.6 Å². The highest BCUT2D eigenvalue weighted by Gasteiger charge is 2.23. The molecule has 0 saturated carbocycles. The molecule has 1 aromatic heterocycles. The van der Waals surface area contributed by atoms with Gasteiger partial charge < -0.3 is 10.6 Å². The number of guanidine groups is 1. The lowest BCUT2D eigenvalue weighted by molar-refractivity contribution is 0.444. The van der Waals surface area contributed by atoms with Crippen LogP contribution in [0.5, 0.6) is 0 Å². The van der Waals surface area contributed by atoms with Crippen LogP contribution >= 0.6 is 11.8 Å². The molecule has 1 saturated heterocycles. The van der Waals surface area contributed by atoms with E-state index < -0.39 is 10.0 Å². The van der Waals surface area contributed by atoms with Crippen molar-refractivity contribution < 1.29 is 8.42 Å². The van der Waals surface area contributed by atoms with Gasteiger partial charge in [0.1, 0.15) is 0 Å². The van der Waals surface area contributed by atoms with Gasteiger partial charge >= 0.3 is 0 Å². The van der Waals surface area contributed by atoms with Gasteiger partial charge in [0.25, 0.3) is 0 Å². The molecule has 160 valence electrons. The molecule has 2 heterocycles. The molecule has 0 aromatic carbocycles. The Hall–Kier alpha value is -1.26. The lowest BCUT2D eigenvalue weighted by Gasteiger charge is -2.25. The fourth-order valence-electron chi connectivity index (χ4n) is 3.25. The molecular formula is C18H34N6O2S2. The van der Waals surface area contributed by atoms with Crippen LogP contribution in [-0.2, 0) is 23.5 Å². The minimum atomic E-state index is -3.23. The van der Waals surface area contributed by atoms with Gasteiger partial charge in [-0.25, -0.2) is 12.7 Å². The average Bonchev–Trinajstić information content (AvgIpc) is 2.88. The van der Waals surface area contributed by atoms with Crippen molar-refractivity contribution in [2.45, 2.75) is 40.2 Å². The Morgan fingerprint density at radius 3 is 2.57 bits per heavy atom. The van der Waals surface area contributed by atoms with E-state index in [1.54, 1.807) is 16.1 Å². The van der Waals surface area contributed by atoms with Crippen LogP contribution in [0.4, 0.5) is 0 Å². The zero-order valence-corrected chi connectivity index (χ0v) is 19.3. The largest absolute Gasteiger partial charge is 0.357 e. The molecule has 10 heteroatoms. The molecule has 0 amide bonds. The number of thioether (sulfide) groups is 1. The van der Waals surface area contributed by atoms with Crippen molar-refractivity contribution in [1.82, 2.24) is 24.7 Å². The van der Waals surface area contributed by atoms with Crippen LogP contribution in [0.2, 0.25) is 0 Å². The fraction of sp³-hybridized carbons (Fsp3) is 0.778. The molecule has 1 aliphatic heterocycles. The minimum Gasteiger partial charge on any atom is -0.357 e. The molecule has 1 aromatic rings. The summed E-state index contributed by atoms with van der Waals surface area (Å²) in [5.74, 6) is 2.44. The normalized spacial score (nSPS) is 17.5. The van der Waals surface area contributed by atoms with Crippen LogP contribution in [0.3, 0.4) is 0 Å². The smallest absolute Gasteiger partial charge is 0.215 e. The molecule has 0 aliphatic carbocycles. The number of sulfonamides is 1. The van der Waals surface area contributed by atoms with E-state index in [0.29, 0.717) is 19.0 Å². The van der Waals surface area contributed by atoms with Gasteiger partial charge in [0.05, 0.1) is 18.0 Å². The third-order valence-corrected chi connectivity index (χ3v) is 7.67. The highest BCUT2D eigenvalue weighted by Crippen LogP contribution is 2.14. The summed E-state index contributed by atoms with van der Waals surface area (Å²) in [5.41, 5.74) is 3.45. The van der Waals surface area contributed by atoms with Crippen LogP contribution in [0.1, 0.15) is 30.8 Å². The van der Waals surface area contributed by atoms with E-state index in [2.05, 4.69) is 34.6 Å². The Morgan fingerprint density at radius 2 is 2.00 bits per heavy atom. The number of aryl methyl sites for hydroxylation is 2. The second-order valence-corrected chi connectivity index (χ2v) is 10.4. The fourth-order valence-corrected chi connectivity index (χ4v) is 5.70. The first-order valence-corrected chi connectivity index (χ1v) is 12.6. The first kappa shape index (κ1) is 23.0. The summed E-state index contributed by atoms with van der Waals surface area (Å²) in [6.07, 6.45) is 0.833. The van der Waals surface area contributed by atoms with Crippen LogP contribution in [0.15, 0.2) is 4.99 Å². The summed E-state index contributed by atoms with van der Waals surface area (Å²) >= 11 is 1.80. The zero-order chi connectivity index (χ0) is 20.7. The first-order valence-electron chi connectivity index (χ1n) is 9.84. The lowest BCUT2D eigenvalue weighted by atomic mass is 10.1.